The average Bonchev–Trinajstić information content (AvgIpc) is 2.75. The minimum absolute atomic E-state index is 0.0385. The zero-order chi connectivity index (χ0) is 15.7. The summed E-state index contributed by atoms with van der Waals surface area (Å²) in [5.74, 6) is 1.71. The van der Waals surface area contributed by atoms with Crippen molar-refractivity contribution in [2.45, 2.75) is 64.9 Å². The highest BCUT2D eigenvalue weighted by atomic mass is 16.3. The van der Waals surface area contributed by atoms with Crippen LogP contribution in [0.25, 0.3) is 0 Å². The highest BCUT2D eigenvalue weighted by molar-refractivity contribution is 5.91. The van der Waals surface area contributed by atoms with E-state index in [0.717, 1.165) is 25.7 Å². The molecule has 0 aliphatic heterocycles. The second-order valence-corrected chi connectivity index (χ2v) is 8.54. The first-order chi connectivity index (χ1) is 10.4. The number of allylic oxidation sites excluding steroid dienone is 1. The number of rotatable bonds is 0. The SMILES string of the molecule is C[C@@]12CCC(=O)C=C1CC[C@H]1[C@@H]2[C@@H](O)C[C@]2(C)C(=O)CC[C@@H]12. The zero-order valence-electron chi connectivity index (χ0n) is 13.6. The van der Waals surface area contributed by atoms with E-state index in [1.807, 2.05) is 6.08 Å². The molecule has 0 heterocycles. The first kappa shape index (κ1) is 14.6. The van der Waals surface area contributed by atoms with Gasteiger partial charge >= 0.3 is 0 Å². The Bertz CT molecular complexity index is 577. The monoisotopic (exact) mass is 302 g/mol. The Kier molecular flexibility index (Phi) is 3.01. The highest BCUT2D eigenvalue weighted by Gasteiger charge is 2.61. The fraction of sp³-hybridized carbons (Fsp3) is 0.789. The number of hydrogen-bond donors (Lipinski definition) is 1. The summed E-state index contributed by atoms with van der Waals surface area (Å²) in [5, 5.41) is 10.9. The number of carbonyl (C=O) groups is 2. The summed E-state index contributed by atoms with van der Waals surface area (Å²) in [6.07, 6.45) is 7.24. The lowest BCUT2D eigenvalue weighted by Gasteiger charge is -2.58. The second kappa shape index (κ2) is 4.53. The summed E-state index contributed by atoms with van der Waals surface area (Å²) in [6, 6.07) is 0. The van der Waals surface area contributed by atoms with Gasteiger partial charge in [-0.05, 0) is 61.3 Å². The summed E-state index contributed by atoms with van der Waals surface area (Å²) in [5.41, 5.74) is 0.920. The Morgan fingerprint density at radius 3 is 2.64 bits per heavy atom. The molecule has 0 saturated heterocycles. The molecule has 0 amide bonds. The van der Waals surface area contributed by atoms with Crippen molar-refractivity contribution in [1.29, 1.82) is 0 Å². The van der Waals surface area contributed by atoms with Gasteiger partial charge in [0.15, 0.2) is 5.78 Å². The molecular formula is C19H26O3. The van der Waals surface area contributed by atoms with E-state index < -0.39 is 6.10 Å². The third-order valence-corrected chi connectivity index (χ3v) is 7.61. The highest BCUT2D eigenvalue weighted by Crippen LogP contribution is 2.64. The van der Waals surface area contributed by atoms with Crippen LogP contribution in [0.5, 0.6) is 0 Å². The maximum absolute atomic E-state index is 12.4. The van der Waals surface area contributed by atoms with E-state index in [2.05, 4.69) is 13.8 Å². The minimum Gasteiger partial charge on any atom is -0.393 e. The Balaban J connectivity index is 1.75. The van der Waals surface area contributed by atoms with E-state index in [9.17, 15) is 14.7 Å². The molecule has 0 bridgehead atoms. The van der Waals surface area contributed by atoms with E-state index in [0.29, 0.717) is 36.9 Å². The molecule has 6 atom stereocenters. The lowest BCUT2D eigenvalue weighted by Crippen LogP contribution is -2.56. The molecule has 0 aromatic rings. The standard InChI is InChI=1S/C19H26O3/c1-18-8-7-12(20)9-11(18)3-4-13-14-5-6-16(22)19(14,2)10-15(21)17(13)18/h9,13-15,17,21H,3-8,10H2,1-2H3/t13-,14+,15+,17-,18-,19+/m1/s1. The molecular weight excluding hydrogens is 276 g/mol. The first-order valence-corrected chi connectivity index (χ1v) is 8.81. The van der Waals surface area contributed by atoms with Crippen LogP contribution in [-0.2, 0) is 9.59 Å². The Morgan fingerprint density at radius 1 is 1.09 bits per heavy atom. The molecule has 0 radical (unpaired) electrons. The van der Waals surface area contributed by atoms with Crippen LogP contribution in [0.2, 0.25) is 0 Å². The third kappa shape index (κ3) is 1.72. The third-order valence-electron chi connectivity index (χ3n) is 7.61. The van der Waals surface area contributed by atoms with Crippen LogP contribution >= 0.6 is 0 Å². The number of Topliss-reactive ketones (excluding diaryl/α,β-unsaturated/α-hetero) is 1. The van der Waals surface area contributed by atoms with Crippen LogP contribution in [0.1, 0.15) is 58.8 Å². The van der Waals surface area contributed by atoms with Gasteiger partial charge in [0, 0.05) is 18.3 Å². The van der Waals surface area contributed by atoms with Crippen LogP contribution < -0.4 is 0 Å². The predicted octanol–water partition coefficient (Wildman–Crippen LogP) is 3.06. The number of fused-ring (bicyclic) bond motifs is 5. The van der Waals surface area contributed by atoms with E-state index >= 15 is 0 Å². The van der Waals surface area contributed by atoms with Gasteiger partial charge in [0.25, 0.3) is 0 Å². The van der Waals surface area contributed by atoms with Gasteiger partial charge in [0.1, 0.15) is 5.78 Å². The zero-order valence-corrected chi connectivity index (χ0v) is 13.6. The van der Waals surface area contributed by atoms with Crippen molar-refractivity contribution in [1.82, 2.24) is 0 Å². The fourth-order valence-corrected chi connectivity index (χ4v) is 6.46. The van der Waals surface area contributed by atoms with E-state index in [4.69, 9.17) is 0 Å². The van der Waals surface area contributed by atoms with Gasteiger partial charge in [-0.25, -0.2) is 0 Å². The Labute approximate surface area is 132 Å². The minimum atomic E-state index is -0.407. The summed E-state index contributed by atoms with van der Waals surface area (Å²) in [7, 11) is 0. The molecule has 3 saturated carbocycles. The number of ketones is 2. The molecule has 22 heavy (non-hydrogen) atoms. The Morgan fingerprint density at radius 2 is 1.86 bits per heavy atom. The van der Waals surface area contributed by atoms with Gasteiger partial charge in [-0.2, -0.15) is 0 Å². The molecule has 3 fully saturated rings. The normalized spacial score (nSPS) is 51.0. The smallest absolute Gasteiger partial charge is 0.155 e. The predicted molar refractivity (Wildman–Crippen MR) is 83.1 cm³/mol. The van der Waals surface area contributed by atoms with Crippen LogP contribution in [-0.4, -0.2) is 22.8 Å². The van der Waals surface area contributed by atoms with Crippen molar-refractivity contribution < 1.29 is 14.7 Å². The summed E-state index contributed by atoms with van der Waals surface area (Å²) in [4.78, 5) is 24.2. The number of carbonyl (C=O) groups excluding carboxylic acids is 2. The summed E-state index contributed by atoms with van der Waals surface area (Å²) in [6.45, 7) is 4.34. The van der Waals surface area contributed by atoms with Gasteiger partial charge in [0.2, 0.25) is 0 Å². The molecule has 1 N–H and O–H groups in total. The number of aliphatic hydroxyl groups is 1. The lowest BCUT2D eigenvalue weighted by molar-refractivity contribution is -0.147. The quantitative estimate of drug-likeness (QED) is 0.748. The van der Waals surface area contributed by atoms with Gasteiger partial charge in [-0.15, -0.1) is 0 Å². The first-order valence-electron chi connectivity index (χ1n) is 8.81. The summed E-state index contributed by atoms with van der Waals surface area (Å²) < 4.78 is 0. The summed E-state index contributed by atoms with van der Waals surface area (Å²) >= 11 is 0. The molecule has 3 heteroatoms. The van der Waals surface area contributed by atoms with E-state index in [1.54, 1.807) is 0 Å². The fourth-order valence-electron chi connectivity index (χ4n) is 6.46. The molecule has 120 valence electrons. The van der Waals surface area contributed by atoms with Crippen molar-refractivity contribution in [3.63, 3.8) is 0 Å². The maximum atomic E-state index is 12.4. The van der Waals surface area contributed by atoms with Crippen molar-refractivity contribution in [3.05, 3.63) is 11.6 Å². The van der Waals surface area contributed by atoms with Crippen LogP contribution in [0.3, 0.4) is 0 Å². The van der Waals surface area contributed by atoms with Gasteiger partial charge in [-0.1, -0.05) is 19.4 Å². The molecule has 4 rings (SSSR count). The molecule has 3 nitrogen and oxygen atoms in total. The van der Waals surface area contributed by atoms with Crippen LogP contribution in [0.4, 0.5) is 0 Å². The molecule has 0 aromatic heterocycles. The molecule has 4 aliphatic carbocycles. The van der Waals surface area contributed by atoms with E-state index in [1.165, 1.54) is 5.57 Å². The Hall–Kier alpha value is -0.960. The maximum Gasteiger partial charge on any atom is 0.155 e. The van der Waals surface area contributed by atoms with Gasteiger partial charge < -0.3 is 5.11 Å². The van der Waals surface area contributed by atoms with Crippen molar-refractivity contribution >= 4 is 11.6 Å². The molecule has 0 unspecified atom stereocenters. The topological polar surface area (TPSA) is 54.4 Å². The van der Waals surface area contributed by atoms with Crippen molar-refractivity contribution in [2.75, 3.05) is 0 Å². The van der Waals surface area contributed by atoms with Crippen molar-refractivity contribution in [2.24, 2.45) is 28.6 Å². The number of hydrogen-bond acceptors (Lipinski definition) is 3. The largest absolute Gasteiger partial charge is 0.393 e. The molecule has 4 aliphatic rings. The van der Waals surface area contributed by atoms with Crippen LogP contribution in [0, 0.1) is 28.6 Å². The molecule has 0 aromatic carbocycles. The van der Waals surface area contributed by atoms with Crippen molar-refractivity contribution in [3.8, 4) is 0 Å². The van der Waals surface area contributed by atoms with Crippen LogP contribution in [0.15, 0.2) is 11.6 Å². The van der Waals surface area contributed by atoms with Gasteiger partial charge in [0.05, 0.1) is 6.10 Å². The lowest BCUT2D eigenvalue weighted by atomic mass is 9.46. The average molecular weight is 302 g/mol. The van der Waals surface area contributed by atoms with Gasteiger partial charge in [-0.3, -0.25) is 9.59 Å². The molecule has 0 spiro atoms. The second-order valence-electron chi connectivity index (χ2n) is 8.54. The van der Waals surface area contributed by atoms with E-state index in [-0.39, 0.29) is 22.5 Å². The number of aliphatic hydroxyl groups excluding tert-OH is 1.